The van der Waals surface area contributed by atoms with Gasteiger partial charge in [-0.25, -0.2) is 4.98 Å². The maximum absolute atomic E-state index is 13.1. The molecule has 1 saturated carbocycles. The van der Waals surface area contributed by atoms with Crippen molar-refractivity contribution in [1.29, 1.82) is 0 Å². The lowest BCUT2D eigenvalue weighted by Crippen LogP contribution is -2.28. The number of halogens is 4. The lowest BCUT2D eigenvalue weighted by Gasteiger charge is -2.21. The Labute approximate surface area is 200 Å². The highest BCUT2D eigenvalue weighted by Gasteiger charge is 2.60. The number of likely N-dealkylation sites (tertiary alicyclic amines) is 1. The first kappa shape index (κ1) is 24.1. The summed E-state index contributed by atoms with van der Waals surface area (Å²) in [6.07, 6.45) is -0.931. The zero-order chi connectivity index (χ0) is 22.5. The van der Waals surface area contributed by atoms with Gasteiger partial charge in [-0.2, -0.15) is 13.2 Å². The molecule has 0 spiro atoms. The number of nitrogens with zero attached hydrogens (tertiary/aromatic N) is 5. The van der Waals surface area contributed by atoms with Gasteiger partial charge in [0, 0.05) is 31.3 Å². The summed E-state index contributed by atoms with van der Waals surface area (Å²) in [6.45, 7) is 4.59. The molecule has 0 N–H and O–H groups in total. The van der Waals surface area contributed by atoms with Crippen molar-refractivity contribution in [3.8, 4) is 11.6 Å². The molecule has 2 aromatic heterocycles. The summed E-state index contributed by atoms with van der Waals surface area (Å²) in [5.41, 5.74) is 0.971. The van der Waals surface area contributed by atoms with Gasteiger partial charge in [-0.3, -0.25) is 0 Å². The van der Waals surface area contributed by atoms with E-state index in [0.29, 0.717) is 17.5 Å². The number of rotatable bonds is 7. The Morgan fingerprint density at radius 3 is 2.82 bits per heavy atom. The second kappa shape index (κ2) is 8.96. The van der Waals surface area contributed by atoms with Gasteiger partial charge in [0.2, 0.25) is 5.82 Å². The smallest absolute Gasteiger partial charge is 0.416 e. The third-order valence-corrected chi connectivity index (χ3v) is 7.72. The molecule has 1 unspecified atom stereocenters. The summed E-state index contributed by atoms with van der Waals surface area (Å²) in [4.78, 5) is 6.48. The Morgan fingerprint density at radius 2 is 2.09 bits per heavy atom. The summed E-state index contributed by atoms with van der Waals surface area (Å²) in [5.74, 6) is 2.64. The zero-order valence-electron chi connectivity index (χ0n) is 18.3. The van der Waals surface area contributed by atoms with Crippen molar-refractivity contribution < 1.29 is 17.6 Å². The van der Waals surface area contributed by atoms with Crippen molar-refractivity contribution in [3.63, 3.8) is 0 Å². The van der Waals surface area contributed by atoms with E-state index in [4.69, 9.17) is 4.42 Å². The monoisotopic (exact) mass is 499 g/mol. The van der Waals surface area contributed by atoms with Crippen molar-refractivity contribution in [2.45, 2.75) is 36.5 Å². The third-order valence-electron chi connectivity index (χ3n) is 6.61. The van der Waals surface area contributed by atoms with Gasteiger partial charge in [-0.15, -0.1) is 22.6 Å². The van der Waals surface area contributed by atoms with Crippen molar-refractivity contribution >= 4 is 24.2 Å². The molecule has 1 aliphatic heterocycles. The standard InChI is InChI=1S/C22H24F3N5OS.ClH/c1-14-18(31-13-26-14)19-27-28-20(29(19)2)32-8-4-7-30-11-17-10-21(17,12-30)15-5-3-6-16(9-15)22(23,24)25;/h3,5-6,9,13,17H,4,7-8,10-12H2,1-2H3;1H/t17-,21?;/m1./s1. The summed E-state index contributed by atoms with van der Waals surface area (Å²) in [6, 6.07) is 5.90. The Hall–Kier alpha value is -2.04. The fraction of sp³-hybridized carbons (Fsp3) is 0.500. The summed E-state index contributed by atoms with van der Waals surface area (Å²) in [7, 11) is 1.91. The van der Waals surface area contributed by atoms with Crippen LogP contribution < -0.4 is 0 Å². The van der Waals surface area contributed by atoms with Crippen LogP contribution in [0.5, 0.6) is 0 Å². The van der Waals surface area contributed by atoms with Gasteiger partial charge in [-0.05, 0) is 43.9 Å². The third kappa shape index (κ3) is 4.52. The molecule has 1 aromatic carbocycles. The molecule has 3 heterocycles. The number of aromatic nitrogens is 4. The number of benzene rings is 1. The number of aryl methyl sites for hydroxylation is 1. The van der Waals surface area contributed by atoms with Gasteiger partial charge >= 0.3 is 6.18 Å². The molecule has 2 aliphatic rings. The highest BCUT2D eigenvalue weighted by molar-refractivity contribution is 7.99. The fourth-order valence-corrected chi connectivity index (χ4v) is 5.65. The van der Waals surface area contributed by atoms with E-state index in [1.165, 1.54) is 18.5 Å². The maximum atomic E-state index is 13.1. The number of fused-ring (bicyclic) bond motifs is 1. The number of thioether (sulfide) groups is 1. The van der Waals surface area contributed by atoms with Crippen molar-refractivity contribution in [2.24, 2.45) is 13.0 Å². The molecule has 11 heteroatoms. The van der Waals surface area contributed by atoms with Crippen LogP contribution in [0.4, 0.5) is 13.2 Å². The zero-order valence-corrected chi connectivity index (χ0v) is 19.9. The Morgan fingerprint density at radius 1 is 1.27 bits per heavy atom. The predicted octanol–water partition coefficient (Wildman–Crippen LogP) is 4.97. The first-order chi connectivity index (χ1) is 15.3. The van der Waals surface area contributed by atoms with Gasteiger partial charge in [0.25, 0.3) is 0 Å². The van der Waals surface area contributed by atoms with Crippen molar-refractivity contribution in [3.05, 3.63) is 47.5 Å². The van der Waals surface area contributed by atoms with E-state index >= 15 is 0 Å². The second-order valence-corrected chi connectivity index (χ2v) is 9.77. The van der Waals surface area contributed by atoms with Gasteiger partial charge in [-0.1, -0.05) is 30.0 Å². The largest absolute Gasteiger partial charge is 0.440 e. The van der Waals surface area contributed by atoms with Crippen LogP contribution in [0.3, 0.4) is 0 Å². The molecular formula is C22H25ClF3N5OS. The molecule has 33 heavy (non-hydrogen) atoms. The minimum atomic E-state index is -4.29. The highest BCUT2D eigenvalue weighted by atomic mass is 35.5. The van der Waals surface area contributed by atoms with Crippen LogP contribution in [0.25, 0.3) is 11.6 Å². The van der Waals surface area contributed by atoms with Gasteiger partial charge < -0.3 is 13.9 Å². The van der Waals surface area contributed by atoms with E-state index in [1.54, 1.807) is 11.8 Å². The number of piperidine rings is 1. The van der Waals surface area contributed by atoms with Crippen molar-refractivity contribution in [2.75, 3.05) is 25.4 Å². The molecule has 0 bridgehead atoms. The molecule has 2 fully saturated rings. The minimum Gasteiger partial charge on any atom is -0.440 e. The van der Waals surface area contributed by atoms with E-state index < -0.39 is 11.7 Å². The van der Waals surface area contributed by atoms with Crippen molar-refractivity contribution in [1.82, 2.24) is 24.6 Å². The van der Waals surface area contributed by atoms with E-state index in [1.807, 2.05) is 24.6 Å². The van der Waals surface area contributed by atoms with Crippen LogP contribution >= 0.6 is 24.2 Å². The van der Waals surface area contributed by atoms with Gasteiger partial charge in [0.05, 0.1) is 11.3 Å². The van der Waals surface area contributed by atoms with E-state index in [9.17, 15) is 13.2 Å². The fourth-order valence-electron chi connectivity index (χ4n) is 4.82. The topological polar surface area (TPSA) is 60.0 Å². The van der Waals surface area contributed by atoms with Crippen LogP contribution in [-0.4, -0.2) is 50.0 Å². The summed E-state index contributed by atoms with van der Waals surface area (Å²) < 4.78 is 46.7. The average Bonchev–Trinajstić information content (AvgIpc) is 3.05. The number of hydrogen-bond acceptors (Lipinski definition) is 6. The quantitative estimate of drug-likeness (QED) is 0.338. The molecule has 1 aliphatic carbocycles. The van der Waals surface area contributed by atoms with Gasteiger partial charge in [0.15, 0.2) is 17.3 Å². The lowest BCUT2D eigenvalue weighted by atomic mass is 9.93. The number of oxazole rings is 1. The van der Waals surface area contributed by atoms with Crippen LogP contribution in [0.1, 0.15) is 29.7 Å². The second-order valence-electron chi connectivity index (χ2n) is 8.70. The van der Waals surface area contributed by atoms with Crippen LogP contribution in [0, 0.1) is 12.8 Å². The lowest BCUT2D eigenvalue weighted by molar-refractivity contribution is -0.137. The average molecular weight is 500 g/mol. The first-order valence-corrected chi connectivity index (χ1v) is 11.6. The molecule has 2 atom stereocenters. The molecule has 178 valence electrons. The number of alkyl halides is 3. The van der Waals surface area contributed by atoms with E-state index in [2.05, 4.69) is 20.1 Å². The molecule has 5 rings (SSSR count). The predicted molar refractivity (Wildman–Crippen MR) is 121 cm³/mol. The van der Waals surface area contributed by atoms with Crippen LogP contribution in [0.15, 0.2) is 40.2 Å². The van der Waals surface area contributed by atoms with Crippen LogP contribution in [0.2, 0.25) is 0 Å². The summed E-state index contributed by atoms with van der Waals surface area (Å²) >= 11 is 1.64. The molecule has 6 nitrogen and oxygen atoms in total. The molecule has 0 amide bonds. The van der Waals surface area contributed by atoms with Gasteiger partial charge in [0.1, 0.15) is 0 Å². The first-order valence-electron chi connectivity index (χ1n) is 10.6. The SMILES string of the molecule is Cc1ncoc1-c1nnc(SCCCN2C[C@H]3CC3(c3cccc(C(F)(F)F)c3)C2)n1C.Cl. The van der Waals surface area contributed by atoms with Crippen LogP contribution in [-0.2, 0) is 18.6 Å². The Kier molecular flexibility index (Phi) is 6.54. The Bertz CT molecular complexity index is 1130. The normalized spacial score (nSPS) is 22.3. The Balaban J connectivity index is 0.00000259. The highest BCUT2D eigenvalue weighted by Crippen LogP contribution is 2.59. The van der Waals surface area contributed by atoms with E-state index in [0.717, 1.165) is 60.7 Å². The maximum Gasteiger partial charge on any atom is 0.416 e. The summed E-state index contributed by atoms with van der Waals surface area (Å²) in [5, 5.41) is 9.31. The van der Waals surface area contributed by atoms with E-state index in [-0.39, 0.29) is 17.8 Å². The molecule has 0 radical (unpaired) electrons. The minimum absolute atomic E-state index is 0. The number of hydrogen-bond donors (Lipinski definition) is 0. The molecular weight excluding hydrogens is 475 g/mol. The molecule has 3 aromatic rings. The molecule has 1 saturated heterocycles.